The summed E-state index contributed by atoms with van der Waals surface area (Å²) in [6, 6.07) is 7.71. The van der Waals surface area contributed by atoms with E-state index in [9.17, 15) is 4.79 Å². The first-order valence-electron chi connectivity index (χ1n) is 8.95. The second kappa shape index (κ2) is 9.29. The lowest BCUT2D eigenvalue weighted by Gasteiger charge is -2.30. The van der Waals surface area contributed by atoms with Gasteiger partial charge in [0.05, 0.1) is 17.9 Å². The first kappa shape index (κ1) is 20.5. The number of amidine groups is 1. The summed E-state index contributed by atoms with van der Waals surface area (Å²) in [5.41, 5.74) is 7.52. The second-order valence-electron chi connectivity index (χ2n) is 6.56. The van der Waals surface area contributed by atoms with E-state index in [1.807, 2.05) is 30.5 Å². The molecule has 0 spiro atoms. The molecule has 2 aromatic rings. The number of nitrogens with one attached hydrogen (secondary N) is 2. The summed E-state index contributed by atoms with van der Waals surface area (Å²) < 4.78 is 0. The number of amides is 1. The van der Waals surface area contributed by atoms with Gasteiger partial charge in [0.15, 0.2) is 5.17 Å². The zero-order valence-electron chi connectivity index (χ0n) is 15.9. The molecule has 1 unspecified atom stereocenters. The van der Waals surface area contributed by atoms with Crippen molar-refractivity contribution in [1.29, 1.82) is 0 Å². The first-order valence-corrected chi connectivity index (χ1v) is 11.3. The maximum atomic E-state index is 12.5. The third-order valence-electron chi connectivity index (χ3n) is 4.43. The molecule has 4 N–H and O–H groups in total. The van der Waals surface area contributed by atoms with Crippen LogP contribution in [0.15, 0.2) is 41.7 Å². The molecule has 3 rings (SSSR count). The van der Waals surface area contributed by atoms with E-state index in [0.29, 0.717) is 16.7 Å². The minimum Gasteiger partial charge on any atom is -0.379 e. The Hall–Kier alpha value is -2.26. The Bertz CT molecular complexity index is 858. The smallest absolute Gasteiger partial charge is 0.275 e. The molecule has 0 bridgehead atoms. The van der Waals surface area contributed by atoms with Gasteiger partial charge in [-0.25, -0.2) is 9.97 Å². The van der Waals surface area contributed by atoms with Crippen LogP contribution in [0.25, 0.3) is 0 Å². The largest absolute Gasteiger partial charge is 0.379 e. The van der Waals surface area contributed by atoms with Crippen LogP contribution in [0.5, 0.6) is 0 Å². The molecule has 7 nitrogen and oxygen atoms in total. The molecule has 0 saturated heterocycles. The lowest BCUT2D eigenvalue weighted by Crippen LogP contribution is -2.28. The van der Waals surface area contributed by atoms with E-state index in [-0.39, 0.29) is 17.1 Å². The lowest BCUT2D eigenvalue weighted by atomic mass is 9.89. The number of nitrogens with zero attached hydrogens (tertiary/aromatic N) is 3. The number of carbonyl (C=O) groups is 1. The highest BCUT2D eigenvalue weighted by Crippen LogP contribution is 2.35. The van der Waals surface area contributed by atoms with E-state index in [1.165, 1.54) is 6.20 Å². The van der Waals surface area contributed by atoms with Crippen molar-refractivity contribution in [3.63, 3.8) is 0 Å². The standard InChI is InChI=1S/C19H24N6OS2/c1-19(6-8-28-18(20)25-19)13-4-3-5-14(10-13)24-17(26)15-11-23-16(12-22-15)21-7-9-27-2/h3-5,10-12H,6-9H2,1-2H3,(H2,20,25)(H,21,23)(H,24,26). The fraction of sp³-hybridized carbons (Fsp3) is 0.368. The van der Waals surface area contributed by atoms with Crippen LogP contribution in [-0.4, -0.2) is 45.3 Å². The van der Waals surface area contributed by atoms with Crippen molar-refractivity contribution in [2.24, 2.45) is 10.7 Å². The SMILES string of the molecule is CSCCNc1cnc(C(=O)Nc2cccc(C3(C)CCSC(N)=N3)c2)cn1. The molecule has 28 heavy (non-hydrogen) atoms. The van der Waals surface area contributed by atoms with E-state index < -0.39 is 0 Å². The molecular weight excluding hydrogens is 392 g/mol. The highest BCUT2D eigenvalue weighted by molar-refractivity contribution is 8.13. The molecule has 1 atom stereocenters. The normalized spacial score (nSPS) is 19.0. The van der Waals surface area contributed by atoms with Crippen molar-refractivity contribution in [2.45, 2.75) is 18.9 Å². The van der Waals surface area contributed by atoms with Gasteiger partial charge in [-0.2, -0.15) is 11.8 Å². The summed E-state index contributed by atoms with van der Waals surface area (Å²) >= 11 is 3.32. The highest BCUT2D eigenvalue weighted by Gasteiger charge is 2.29. The summed E-state index contributed by atoms with van der Waals surface area (Å²) in [6.07, 6.45) is 5.99. The van der Waals surface area contributed by atoms with Gasteiger partial charge < -0.3 is 16.4 Å². The maximum Gasteiger partial charge on any atom is 0.275 e. The number of aliphatic imine (C=N–C) groups is 1. The summed E-state index contributed by atoms with van der Waals surface area (Å²) in [5.74, 6) is 2.27. The third-order valence-corrected chi connectivity index (χ3v) is 5.84. The Labute approximate surface area is 173 Å². The first-order chi connectivity index (χ1) is 13.5. The lowest BCUT2D eigenvalue weighted by molar-refractivity contribution is 0.102. The van der Waals surface area contributed by atoms with E-state index >= 15 is 0 Å². The quantitative estimate of drug-likeness (QED) is 0.595. The van der Waals surface area contributed by atoms with E-state index in [0.717, 1.165) is 30.0 Å². The number of anilines is 2. The number of aromatic nitrogens is 2. The minimum absolute atomic E-state index is 0.267. The van der Waals surface area contributed by atoms with Crippen LogP contribution in [0.1, 0.15) is 29.4 Å². The molecule has 148 valence electrons. The van der Waals surface area contributed by atoms with Crippen LogP contribution < -0.4 is 16.4 Å². The van der Waals surface area contributed by atoms with Gasteiger partial charge in [-0.3, -0.25) is 9.79 Å². The Kier molecular flexibility index (Phi) is 6.79. The number of thioether (sulfide) groups is 2. The zero-order valence-corrected chi connectivity index (χ0v) is 17.6. The monoisotopic (exact) mass is 416 g/mol. The van der Waals surface area contributed by atoms with Gasteiger partial charge in [-0.1, -0.05) is 23.9 Å². The van der Waals surface area contributed by atoms with E-state index in [2.05, 4.69) is 32.5 Å². The number of rotatable bonds is 7. The molecule has 2 heterocycles. The van der Waals surface area contributed by atoms with Crippen molar-refractivity contribution in [2.75, 3.05) is 34.9 Å². The van der Waals surface area contributed by atoms with Crippen LogP contribution in [-0.2, 0) is 5.54 Å². The highest BCUT2D eigenvalue weighted by atomic mass is 32.2. The van der Waals surface area contributed by atoms with Crippen molar-refractivity contribution >= 4 is 46.1 Å². The van der Waals surface area contributed by atoms with Gasteiger partial charge in [0.25, 0.3) is 5.91 Å². The van der Waals surface area contributed by atoms with Gasteiger partial charge in [0, 0.05) is 23.7 Å². The van der Waals surface area contributed by atoms with Crippen LogP contribution in [0.4, 0.5) is 11.5 Å². The van der Waals surface area contributed by atoms with Crippen LogP contribution in [0.2, 0.25) is 0 Å². The molecular formula is C19H24N6OS2. The van der Waals surface area contributed by atoms with Crippen LogP contribution >= 0.6 is 23.5 Å². The Morgan fingerprint density at radius 2 is 2.21 bits per heavy atom. The Morgan fingerprint density at radius 3 is 2.93 bits per heavy atom. The number of carbonyl (C=O) groups excluding carboxylic acids is 1. The second-order valence-corrected chi connectivity index (χ2v) is 8.66. The predicted octanol–water partition coefficient (Wildman–Crippen LogP) is 3.17. The maximum absolute atomic E-state index is 12.5. The minimum atomic E-state index is -0.375. The van der Waals surface area contributed by atoms with Gasteiger partial charge in [-0.15, -0.1) is 0 Å². The summed E-state index contributed by atoms with van der Waals surface area (Å²) in [4.78, 5) is 25.6. The van der Waals surface area contributed by atoms with Gasteiger partial charge in [-0.05, 0) is 37.3 Å². The average molecular weight is 417 g/mol. The molecule has 1 aromatic carbocycles. The van der Waals surface area contributed by atoms with Gasteiger partial charge in [0.2, 0.25) is 0 Å². The molecule has 1 amide bonds. The van der Waals surface area contributed by atoms with Crippen molar-refractivity contribution < 1.29 is 4.79 Å². The molecule has 0 radical (unpaired) electrons. The molecule has 1 aliphatic heterocycles. The zero-order chi connectivity index (χ0) is 20.0. The fourth-order valence-electron chi connectivity index (χ4n) is 2.84. The Morgan fingerprint density at radius 1 is 1.36 bits per heavy atom. The molecule has 0 fully saturated rings. The third kappa shape index (κ3) is 5.17. The molecule has 0 saturated carbocycles. The van der Waals surface area contributed by atoms with Crippen molar-refractivity contribution in [1.82, 2.24) is 9.97 Å². The molecule has 9 heteroatoms. The van der Waals surface area contributed by atoms with E-state index in [1.54, 1.807) is 29.7 Å². The Balaban J connectivity index is 1.68. The summed E-state index contributed by atoms with van der Waals surface area (Å²) in [7, 11) is 0. The molecule has 1 aliphatic rings. The number of hydrogen-bond donors (Lipinski definition) is 3. The molecule has 1 aromatic heterocycles. The topological polar surface area (TPSA) is 105 Å². The molecule has 0 aliphatic carbocycles. The van der Waals surface area contributed by atoms with E-state index in [4.69, 9.17) is 5.73 Å². The van der Waals surface area contributed by atoms with Crippen molar-refractivity contribution in [3.05, 3.63) is 47.9 Å². The number of benzene rings is 1. The van der Waals surface area contributed by atoms with Crippen LogP contribution in [0, 0.1) is 0 Å². The number of hydrogen-bond acceptors (Lipinski definition) is 8. The predicted molar refractivity (Wildman–Crippen MR) is 119 cm³/mol. The summed E-state index contributed by atoms with van der Waals surface area (Å²) in [5, 5.41) is 6.65. The summed E-state index contributed by atoms with van der Waals surface area (Å²) in [6.45, 7) is 2.87. The van der Waals surface area contributed by atoms with Crippen LogP contribution in [0.3, 0.4) is 0 Å². The van der Waals surface area contributed by atoms with Gasteiger partial charge in [0.1, 0.15) is 11.5 Å². The van der Waals surface area contributed by atoms with Gasteiger partial charge >= 0.3 is 0 Å². The average Bonchev–Trinajstić information content (AvgIpc) is 2.69. The number of nitrogens with two attached hydrogens (primary N) is 1. The fourth-order valence-corrected chi connectivity index (χ4v) is 4.12. The van der Waals surface area contributed by atoms with Crippen molar-refractivity contribution in [3.8, 4) is 0 Å².